The first-order valence-electron chi connectivity index (χ1n) is 22.7. The quantitative estimate of drug-likeness (QED) is 0.186. The van der Waals surface area contributed by atoms with Gasteiger partial charge in [0.15, 0.2) is 37.9 Å². The number of rotatable bonds is 12. The minimum Gasteiger partial charge on any atom is -1.00 e. The van der Waals surface area contributed by atoms with Crippen LogP contribution < -0.4 is 43.7 Å². The molecule has 8 nitrogen and oxygen atoms in total. The van der Waals surface area contributed by atoms with Crippen LogP contribution in [0.1, 0.15) is 119 Å². The van der Waals surface area contributed by atoms with Crippen LogP contribution in [0.15, 0.2) is 61.2 Å². The van der Waals surface area contributed by atoms with Crippen molar-refractivity contribution in [2.24, 2.45) is 56.7 Å². The third-order valence-corrected chi connectivity index (χ3v) is 17.9. The summed E-state index contributed by atoms with van der Waals surface area (Å²) in [4.78, 5) is 30.9. The van der Waals surface area contributed by atoms with Gasteiger partial charge < -0.3 is 44.1 Å². The summed E-state index contributed by atoms with van der Waals surface area (Å²) in [5.74, 6) is 2.58. The van der Waals surface area contributed by atoms with Crippen LogP contribution in [0.4, 0.5) is 11.4 Å². The van der Waals surface area contributed by atoms with Crippen LogP contribution in [-0.2, 0) is 32.2 Å². The molecule has 2 heterocycles. The molecule has 5 fully saturated rings. The maximum absolute atomic E-state index is 13.4. The molecule has 0 aliphatic heterocycles. The Bertz CT molecular complexity index is 1840. The minimum absolute atomic E-state index is 0. The number of aromatic nitrogens is 2. The Kier molecular flexibility index (Phi) is 14.5. The Morgan fingerprint density at radius 1 is 0.700 bits per heavy atom. The molecule has 2 aromatic heterocycles. The van der Waals surface area contributed by atoms with Gasteiger partial charge in [-0.05, 0) is 117 Å². The molecular weight excluding hydrogens is 791 g/mol. The number of anilines is 2. The second kappa shape index (κ2) is 18.1. The topological polar surface area (TPSA) is 66.8 Å². The van der Waals surface area contributed by atoms with E-state index in [1.54, 1.807) is 0 Å². The van der Waals surface area contributed by atoms with Crippen LogP contribution in [0.25, 0.3) is 0 Å². The fourth-order valence-electron chi connectivity index (χ4n) is 14.5. The lowest BCUT2D eigenvalue weighted by atomic mass is 9.32. The summed E-state index contributed by atoms with van der Waals surface area (Å²) in [5.41, 5.74) is 4.21. The number of aryl methyl sites for hydroxylation is 2. The Hall–Kier alpha value is -2.84. The van der Waals surface area contributed by atoms with Crippen molar-refractivity contribution in [2.75, 3.05) is 44.6 Å². The van der Waals surface area contributed by atoms with Crippen molar-refractivity contribution in [3.05, 3.63) is 61.2 Å². The number of fused-ring (bicyclic) bond motifs is 7. The number of allylic oxidation sites excluding steroid dienone is 1. The summed E-state index contributed by atoms with van der Waals surface area (Å²) < 4.78 is 16.9. The van der Waals surface area contributed by atoms with Crippen molar-refractivity contribution >= 4 is 23.3 Å². The van der Waals surface area contributed by atoms with Gasteiger partial charge in [-0.15, -0.1) is 0 Å². The lowest BCUT2D eigenvalue weighted by Gasteiger charge is -2.73. The van der Waals surface area contributed by atoms with E-state index in [0.717, 1.165) is 43.5 Å². The van der Waals surface area contributed by atoms with Crippen LogP contribution >= 0.6 is 0 Å². The average molecular weight is 868 g/mol. The van der Waals surface area contributed by atoms with E-state index in [4.69, 9.17) is 9.47 Å². The smallest absolute Gasteiger partial charge is 0.312 e. The molecule has 60 heavy (non-hydrogen) atoms. The number of hydrogen-bond acceptors (Lipinski definition) is 6. The molecule has 5 saturated carbocycles. The zero-order valence-electron chi connectivity index (χ0n) is 38.6. The van der Waals surface area contributed by atoms with E-state index in [-0.39, 0.29) is 69.9 Å². The van der Waals surface area contributed by atoms with Crippen molar-refractivity contribution in [2.45, 2.75) is 138 Å². The molecule has 0 aromatic carbocycles. The Balaban J connectivity index is 0.00000341. The van der Waals surface area contributed by atoms with E-state index in [2.05, 4.69) is 91.3 Å². The maximum Gasteiger partial charge on any atom is 0.312 e. The van der Waals surface area contributed by atoms with Crippen LogP contribution in [0.3, 0.4) is 0 Å². The van der Waals surface area contributed by atoms with Crippen LogP contribution in [0, 0.1) is 56.7 Å². The highest BCUT2D eigenvalue weighted by atomic mass is 35.5. The van der Waals surface area contributed by atoms with E-state index >= 15 is 0 Å². The summed E-state index contributed by atoms with van der Waals surface area (Å²) in [6.07, 6.45) is 20.5. The van der Waals surface area contributed by atoms with Gasteiger partial charge in [-0.3, -0.25) is 9.59 Å². The summed E-state index contributed by atoms with van der Waals surface area (Å²) in [6.45, 7) is 21.5. The minimum atomic E-state index is -0.0848. The molecule has 2 aromatic rings. The first-order valence-corrected chi connectivity index (χ1v) is 22.7. The molecule has 0 amide bonds. The first kappa shape index (κ1) is 48.2. The fourth-order valence-corrected chi connectivity index (χ4v) is 14.5. The molecule has 0 unspecified atom stereocenters. The summed E-state index contributed by atoms with van der Waals surface area (Å²) in [6, 6.07) is 8.35. The largest absolute Gasteiger partial charge is 1.00 e. The van der Waals surface area contributed by atoms with E-state index in [9.17, 15) is 9.59 Å². The lowest BCUT2D eigenvalue weighted by Crippen LogP contribution is -3.00. The molecule has 0 N–H and O–H groups in total. The molecule has 0 bridgehead atoms. The molecule has 7 rings (SSSR count). The van der Waals surface area contributed by atoms with Gasteiger partial charge in [0.25, 0.3) is 0 Å². The predicted octanol–water partition coefficient (Wildman–Crippen LogP) is 2.99. The van der Waals surface area contributed by atoms with Gasteiger partial charge in [0, 0.05) is 74.7 Å². The van der Waals surface area contributed by atoms with Crippen LogP contribution in [0.2, 0.25) is 0 Å². The average Bonchev–Trinajstić information content (AvgIpc) is 3.57. The number of nitrogens with zero attached hydrogens (tertiary/aromatic N) is 4. The zero-order chi connectivity index (χ0) is 41.8. The molecule has 10 heteroatoms. The predicted molar refractivity (Wildman–Crippen MR) is 231 cm³/mol. The van der Waals surface area contributed by atoms with Gasteiger partial charge in [0.05, 0.1) is 6.61 Å². The molecule has 0 spiro atoms. The number of pyridine rings is 2. The van der Waals surface area contributed by atoms with E-state index in [1.807, 2.05) is 53.0 Å². The van der Waals surface area contributed by atoms with E-state index in [1.165, 1.54) is 37.7 Å². The molecule has 10 atom stereocenters. The van der Waals surface area contributed by atoms with Gasteiger partial charge >= 0.3 is 11.9 Å². The standard InChI is InChI=1S/C50H76N4O4.2ClH/c1-35(2)38-14-25-50(34-57-43(55)21-32-53-28-17-36(18-29-53)51(8)9)27-26-48(6)39(45(38)50)12-13-41-47(5)23-16-42(46(3,4)40(47)15-24-49(41,48)7)58-44(56)22-33-54-30-19-37(20-31-54)52(10)11;;/h17-20,28-31,38-42,45H,1,12-16,21-27,32-34H2,2-11H3;2*1H/q+2;;/p-2/t38-,39+,40-,41+,42-,45+,47-,48+,49+,50+;;/m0../s1. The number of esters is 2. The molecule has 0 radical (unpaired) electrons. The van der Waals surface area contributed by atoms with Crippen molar-refractivity contribution < 1.29 is 53.0 Å². The third kappa shape index (κ3) is 8.48. The normalized spacial score (nSPS) is 34.8. The van der Waals surface area contributed by atoms with Crippen LogP contribution in [-0.4, -0.2) is 52.8 Å². The lowest BCUT2D eigenvalue weighted by molar-refractivity contribution is -0.696. The summed E-state index contributed by atoms with van der Waals surface area (Å²) in [5, 5.41) is 0. The summed E-state index contributed by atoms with van der Waals surface area (Å²) >= 11 is 0. The van der Waals surface area contributed by atoms with Gasteiger partial charge in [0.2, 0.25) is 0 Å². The fraction of sp³-hybridized carbons (Fsp3) is 0.720. The van der Waals surface area contributed by atoms with Crippen molar-refractivity contribution in [1.29, 1.82) is 0 Å². The van der Waals surface area contributed by atoms with Gasteiger partial charge in [0.1, 0.15) is 18.9 Å². The molecule has 0 saturated heterocycles. The number of halogens is 2. The molecule has 5 aliphatic carbocycles. The summed E-state index contributed by atoms with van der Waals surface area (Å²) in [7, 11) is 8.16. The van der Waals surface area contributed by atoms with Gasteiger partial charge in [-0.1, -0.05) is 46.8 Å². The van der Waals surface area contributed by atoms with Crippen molar-refractivity contribution in [3.63, 3.8) is 0 Å². The first-order chi connectivity index (χ1) is 27.3. The number of carbonyl (C=O) groups excluding carboxylic acids is 2. The second-order valence-electron chi connectivity index (χ2n) is 21.4. The molecular formula is C50H76Cl2N4O4. The molecule has 5 aliphatic rings. The highest BCUT2D eigenvalue weighted by Crippen LogP contribution is 2.77. The Morgan fingerprint density at radius 2 is 1.27 bits per heavy atom. The van der Waals surface area contributed by atoms with Gasteiger partial charge in [-0.2, -0.15) is 0 Å². The zero-order valence-corrected chi connectivity index (χ0v) is 40.1. The van der Waals surface area contributed by atoms with Gasteiger partial charge in [-0.25, -0.2) is 9.13 Å². The monoisotopic (exact) mass is 867 g/mol. The van der Waals surface area contributed by atoms with E-state index in [0.29, 0.717) is 62.1 Å². The van der Waals surface area contributed by atoms with E-state index < -0.39 is 0 Å². The maximum atomic E-state index is 13.4. The van der Waals surface area contributed by atoms with Crippen molar-refractivity contribution in [1.82, 2.24) is 0 Å². The van der Waals surface area contributed by atoms with Crippen LogP contribution in [0.5, 0.6) is 0 Å². The number of ether oxygens (including phenoxy) is 2. The van der Waals surface area contributed by atoms with Crippen molar-refractivity contribution in [3.8, 4) is 0 Å². The Labute approximate surface area is 375 Å². The highest BCUT2D eigenvalue weighted by Gasteiger charge is 2.71. The highest BCUT2D eigenvalue weighted by molar-refractivity contribution is 5.69. The number of hydrogen-bond donors (Lipinski definition) is 0. The molecule has 334 valence electrons. The Morgan fingerprint density at radius 3 is 1.82 bits per heavy atom. The number of carbonyl (C=O) groups is 2. The second-order valence-corrected chi connectivity index (χ2v) is 21.4. The SMILES string of the molecule is C=C(C)[C@@H]1CC[C@]2(COC(=O)CC[n+]3ccc(N(C)C)cc3)CC[C@]3(C)[C@H](CC[C@@H]4[C@@]5(C)CC[C@H](OC(=O)CC[n+]6ccc(N(C)C)cc6)C(C)(C)[C@@H]5CC[C@]43C)[C@@H]12.[Cl-].[Cl-]. The third-order valence-electron chi connectivity index (χ3n) is 17.9.